The van der Waals surface area contributed by atoms with Crippen molar-refractivity contribution in [1.29, 1.82) is 0 Å². The van der Waals surface area contributed by atoms with E-state index in [2.05, 4.69) is 41.4 Å². The highest BCUT2D eigenvalue weighted by Gasteiger charge is 2.05. The number of hydrogen-bond donors (Lipinski definition) is 3. The number of hydrogen-bond acceptors (Lipinski definition) is 4. The van der Waals surface area contributed by atoms with Gasteiger partial charge < -0.3 is 10.3 Å². The molecule has 0 saturated heterocycles. The number of nitrogens with zero attached hydrogens (tertiary/aromatic N) is 2. The molecule has 0 spiro atoms. The molecule has 3 aromatic rings. The van der Waals surface area contributed by atoms with E-state index < -0.39 is 0 Å². The van der Waals surface area contributed by atoms with Crippen molar-refractivity contribution < 1.29 is 0 Å². The number of rotatable bonds is 4. The summed E-state index contributed by atoms with van der Waals surface area (Å²) in [6.45, 7) is 0.582. The zero-order valence-electron chi connectivity index (χ0n) is 10.9. The van der Waals surface area contributed by atoms with Crippen LogP contribution in [-0.4, -0.2) is 20.2 Å². The van der Waals surface area contributed by atoms with Crippen molar-refractivity contribution in [1.82, 2.24) is 20.2 Å². The highest BCUT2D eigenvalue weighted by atomic mass is 79.9. The average molecular weight is 346 g/mol. The van der Waals surface area contributed by atoms with E-state index in [9.17, 15) is 4.79 Å². The third kappa shape index (κ3) is 3.03. The molecule has 7 heteroatoms. The molecule has 0 saturated carbocycles. The van der Waals surface area contributed by atoms with E-state index >= 15 is 0 Å². The van der Waals surface area contributed by atoms with Crippen molar-refractivity contribution in [2.45, 2.75) is 6.54 Å². The Morgan fingerprint density at radius 2 is 2.00 bits per heavy atom. The van der Waals surface area contributed by atoms with Crippen LogP contribution in [0.1, 0.15) is 5.56 Å². The second-order valence-electron chi connectivity index (χ2n) is 4.42. The summed E-state index contributed by atoms with van der Waals surface area (Å²) in [7, 11) is 0. The molecule has 0 radical (unpaired) electrons. The summed E-state index contributed by atoms with van der Waals surface area (Å²) in [6.07, 6.45) is 3.09. The number of H-pyrrole nitrogens is 2. The zero-order valence-corrected chi connectivity index (χ0v) is 12.5. The Kier molecular flexibility index (Phi) is 3.83. The SMILES string of the molecule is O=c1[nH]cnc(NCc2ccc(-c3ccn[nH]3)cc2)c1Br. The molecule has 6 nitrogen and oxygen atoms in total. The number of halogens is 1. The molecule has 0 atom stereocenters. The Morgan fingerprint density at radius 3 is 2.71 bits per heavy atom. The van der Waals surface area contributed by atoms with Crippen LogP contribution in [-0.2, 0) is 6.54 Å². The molecule has 3 N–H and O–H groups in total. The first-order valence-electron chi connectivity index (χ1n) is 6.30. The van der Waals surface area contributed by atoms with Gasteiger partial charge in [0.05, 0.1) is 12.0 Å². The second kappa shape index (κ2) is 5.92. The minimum absolute atomic E-state index is 0.206. The third-order valence-corrected chi connectivity index (χ3v) is 3.76. The molecule has 0 aliphatic carbocycles. The lowest BCUT2D eigenvalue weighted by molar-refractivity contribution is 1.05. The van der Waals surface area contributed by atoms with Crippen molar-refractivity contribution in [3.05, 3.63) is 63.2 Å². The van der Waals surface area contributed by atoms with E-state index in [1.807, 2.05) is 30.3 Å². The van der Waals surface area contributed by atoms with Crippen LogP contribution in [0.2, 0.25) is 0 Å². The van der Waals surface area contributed by atoms with E-state index in [-0.39, 0.29) is 5.56 Å². The number of anilines is 1. The molecule has 106 valence electrons. The fourth-order valence-corrected chi connectivity index (χ4v) is 2.27. The van der Waals surface area contributed by atoms with Gasteiger partial charge in [-0.3, -0.25) is 9.89 Å². The van der Waals surface area contributed by atoms with E-state index in [0.29, 0.717) is 16.8 Å². The van der Waals surface area contributed by atoms with Gasteiger partial charge in [-0.15, -0.1) is 0 Å². The molecule has 21 heavy (non-hydrogen) atoms. The fourth-order valence-electron chi connectivity index (χ4n) is 1.91. The van der Waals surface area contributed by atoms with Crippen LogP contribution in [0.3, 0.4) is 0 Å². The molecule has 0 aliphatic rings. The van der Waals surface area contributed by atoms with E-state index in [1.165, 1.54) is 6.33 Å². The topological polar surface area (TPSA) is 86.5 Å². The maximum absolute atomic E-state index is 11.4. The van der Waals surface area contributed by atoms with Gasteiger partial charge in [-0.2, -0.15) is 5.10 Å². The van der Waals surface area contributed by atoms with Gasteiger partial charge in [0.1, 0.15) is 10.3 Å². The van der Waals surface area contributed by atoms with Gasteiger partial charge in [-0.25, -0.2) is 4.98 Å². The highest BCUT2D eigenvalue weighted by Crippen LogP contribution is 2.18. The fraction of sp³-hybridized carbons (Fsp3) is 0.0714. The first-order chi connectivity index (χ1) is 10.2. The summed E-state index contributed by atoms with van der Waals surface area (Å²) in [6, 6.07) is 9.99. The minimum atomic E-state index is -0.206. The Labute approximate surface area is 128 Å². The summed E-state index contributed by atoms with van der Waals surface area (Å²) in [5, 5.41) is 9.98. The van der Waals surface area contributed by atoms with Gasteiger partial charge >= 0.3 is 0 Å². The van der Waals surface area contributed by atoms with Gasteiger partial charge in [-0.1, -0.05) is 24.3 Å². The molecular formula is C14H12BrN5O. The van der Waals surface area contributed by atoms with Crippen LogP contribution < -0.4 is 10.9 Å². The van der Waals surface area contributed by atoms with Gasteiger partial charge in [0, 0.05) is 12.7 Å². The monoisotopic (exact) mass is 345 g/mol. The van der Waals surface area contributed by atoms with Crippen LogP contribution in [0.25, 0.3) is 11.3 Å². The normalized spacial score (nSPS) is 10.5. The Morgan fingerprint density at radius 1 is 1.19 bits per heavy atom. The average Bonchev–Trinajstić information content (AvgIpc) is 3.04. The summed E-state index contributed by atoms with van der Waals surface area (Å²) in [5.41, 5.74) is 2.94. The number of nitrogens with one attached hydrogen (secondary N) is 3. The molecule has 0 unspecified atom stereocenters. The standard InChI is InChI=1S/C14H12BrN5O/c15-12-13(17-8-18-14(12)21)16-7-9-1-3-10(4-2-9)11-5-6-19-20-11/h1-6,8H,7H2,(H,19,20)(H2,16,17,18,21). The van der Waals surface area contributed by atoms with Crippen LogP contribution >= 0.6 is 15.9 Å². The summed E-state index contributed by atoms with van der Waals surface area (Å²) >= 11 is 3.21. The molecule has 3 rings (SSSR count). The lowest BCUT2D eigenvalue weighted by atomic mass is 10.1. The van der Waals surface area contributed by atoms with Gasteiger partial charge in [0.25, 0.3) is 5.56 Å². The van der Waals surface area contributed by atoms with Crippen LogP contribution in [0.5, 0.6) is 0 Å². The minimum Gasteiger partial charge on any atom is -0.365 e. The summed E-state index contributed by atoms with van der Waals surface area (Å²) in [5.74, 6) is 0.524. The van der Waals surface area contributed by atoms with Crippen molar-refractivity contribution >= 4 is 21.7 Å². The Bertz CT molecular complexity index is 780. The number of aromatic nitrogens is 4. The van der Waals surface area contributed by atoms with E-state index in [1.54, 1.807) is 6.20 Å². The molecule has 2 aromatic heterocycles. The predicted molar refractivity (Wildman–Crippen MR) is 83.9 cm³/mol. The van der Waals surface area contributed by atoms with Crippen molar-refractivity contribution in [2.75, 3.05) is 5.32 Å². The molecule has 0 bridgehead atoms. The molecule has 2 heterocycles. The zero-order chi connectivity index (χ0) is 14.7. The van der Waals surface area contributed by atoms with Crippen LogP contribution in [0.4, 0.5) is 5.82 Å². The van der Waals surface area contributed by atoms with Crippen molar-refractivity contribution in [3.8, 4) is 11.3 Å². The molecule has 0 amide bonds. The largest absolute Gasteiger partial charge is 0.365 e. The predicted octanol–water partition coefficient (Wildman–Crippen LogP) is 2.53. The highest BCUT2D eigenvalue weighted by molar-refractivity contribution is 9.10. The lowest BCUT2D eigenvalue weighted by Gasteiger charge is -2.07. The first-order valence-corrected chi connectivity index (χ1v) is 7.09. The Balaban J connectivity index is 1.71. The van der Waals surface area contributed by atoms with E-state index in [0.717, 1.165) is 16.8 Å². The van der Waals surface area contributed by atoms with Gasteiger partial charge in [-0.05, 0) is 33.1 Å². The lowest BCUT2D eigenvalue weighted by Crippen LogP contribution is -2.12. The van der Waals surface area contributed by atoms with Crippen LogP contribution in [0, 0.1) is 0 Å². The third-order valence-electron chi connectivity index (χ3n) is 3.02. The molecule has 0 aliphatic heterocycles. The van der Waals surface area contributed by atoms with Gasteiger partial charge in [0.15, 0.2) is 0 Å². The van der Waals surface area contributed by atoms with Crippen LogP contribution in [0.15, 0.2) is 52.1 Å². The first kappa shape index (κ1) is 13.6. The van der Waals surface area contributed by atoms with Gasteiger partial charge in [0.2, 0.25) is 0 Å². The number of benzene rings is 1. The Hall–Kier alpha value is -2.41. The van der Waals surface area contributed by atoms with Crippen molar-refractivity contribution in [2.24, 2.45) is 0 Å². The maximum Gasteiger partial charge on any atom is 0.267 e. The maximum atomic E-state index is 11.4. The smallest absolute Gasteiger partial charge is 0.267 e. The molecule has 0 fully saturated rings. The summed E-state index contributed by atoms with van der Waals surface area (Å²) < 4.78 is 0.402. The van der Waals surface area contributed by atoms with E-state index in [4.69, 9.17) is 0 Å². The second-order valence-corrected chi connectivity index (χ2v) is 5.21. The van der Waals surface area contributed by atoms with Crippen molar-refractivity contribution in [3.63, 3.8) is 0 Å². The summed E-state index contributed by atoms with van der Waals surface area (Å²) in [4.78, 5) is 18.0. The number of aromatic amines is 2. The quantitative estimate of drug-likeness (QED) is 0.678. The molecule has 1 aromatic carbocycles. The molecular weight excluding hydrogens is 334 g/mol.